The number of ether oxygens (including phenoxy) is 1. The fraction of sp³-hybridized carbons (Fsp3) is 0.316. The van der Waals surface area contributed by atoms with Gasteiger partial charge in [-0.3, -0.25) is 9.59 Å². The third-order valence-electron chi connectivity index (χ3n) is 4.52. The van der Waals surface area contributed by atoms with Crippen LogP contribution < -0.4 is 5.32 Å². The Labute approximate surface area is 161 Å². The number of nitrogens with zero attached hydrogens (tertiary/aromatic N) is 1. The molecular weight excluding hydrogens is 372 g/mol. The van der Waals surface area contributed by atoms with Gasteiger partial charge >= 0.3 is 5.97 Å². The van der Waals surface area contributed by atoms with E-state index in [0.717, 1.165) is 0 Å². The Kier molecular flexibility index (Phi) is 5.81. The van der Waals surface area contributed by atoms with Crippen molar-refractivity contribution in [3.8, 4) is 0 Å². The molecule has 1 aliphatic heterocycles. The van der Waals surface area contributed by atoms with Crippen LogP contribution in [-0.2, 0) is 9.53 Å². The van der Waals surface area contributed by atoms with Crippen molar-refractivity contribution in [2.24, 2.45) is 5.92 Å². The molecule has 0 aliphatic carbocycles. The van der Waals surface area contributed by atoms with Crippen LogP contribution >= 0.6 is 11.6 Å². The van der Waals surface area contributed by atoms with Crippen molar-refractivity contribution in [2.75, 3.05) is 25.5 Å². The molecule has 1 aromatic carbocycles. The number of piperidine rings is 1. The Morgan fingerprint density at radius 3 is 2.59 bits per heavy atom. The standard InChI is InChI=1S/C19H19ClN2O5/c1-26-19(25)14-11-13(4-5-15(14)20)21-17(23)12-6-8-22(9-7-12)18(24)16-3-2-10-27-16/h2-5,10-12H,6-9H2,1H3,(H,21,23). The smallest absolute Gasteiger partial charge is 0.339 e. The molecule has 1 aromatic heterocycles. The molecule has 0 radical (unpaired) electrons. The first kappa shape index (κ1) is 19.0. The maximum Gasteiger partial charge on any atom is 0.339 e. The number of rotatable bonds is 4. The average molecular weight is 391 g/mol. The van der Waals surface area contributed by atoms with Gasteiger partial charge in [0, 0.05) is 24.7 Å². The zero-order valence-electron chi connectivity index (χ0n) is 14.7. The first-order chi connectivity index (χ1) is 13.0. The van der Waals surface area contributed by atoms with Crippen LogP contribution in [0.5, 0.6) is 0 Å². The summed E-state index contributed by atoms with van der Waals surface area (Å²) in [7, 11) is 1.27. The molecule has 142 valence electrons. The molecule has 2 aromatic rings. The van der Waals surface area contributed by atoms with Crippen molar-refractivity contribution in [3.63, 3.8) is 0 Å². The molecular formula is C19H19ClN2O5. The Hall–Kier alpha value is -2.80. The highest BCUT2D eigenvalue weighted by Crippen LogP contribution is 2.24. The molecule has 0 unspecified atom stereocenters. The van der Waals surface area contributed by atoms with Gasteiger partial charge in [0.15, 0.2) is 5.76 Å². The summed E-state index contributed by atoms with van der Waals surface area (Å²) in [4.78, 5) is 38.2. The molecule has 0 bridgehead atoms. The molecule has 0 spiro atoms. The molecule has 0 saturated carbocycles. The number of benzene rings is 1. The zero-order valence-corrected chi connectivity index (χ0v) is 15.5. The highest BCUT2D eigenvalue weighted by atomic mass is 35.5. The fourth-order valence-electron chi connectivity index (χ4n) is 3.01. The number of hydrogen-bond donors (Lipinski definition) is 1. The highest BCUT2D eigenvalue weighted by Gasteiger charge is 2.29. The summed E-state index contributed by atoms with van der Waals surface area (Å²) in [5.41, 5.74) is 0.662. The predicted molar refractivity (Wildman–Crippen MR) is 98.8 cm³/mol. The Morgan fingerprint density at radius 1 is 1.22 bits per heavy atom. The minimum atomic E-state index is -0.569. The number of anilines is 1. The number of hydrogen-bond acceptors (Lipinski definition) is 5. The Bertz CT molecular complexity index is 842. The van der Waals surface area contributed by atoms with E-state index in [-0.39, 0.29) is 28.3 Å². The molecule has 1 aliphatic rings. The molecule has 2 amide bonds. The fourth-order valence-corrected chi connectivity index (χ4v) is 3.21. The van der Waals surface area contributed by atoms with E-state index >= 15 is 0 Å². The summed E-state index contributed by atoms with van der Waals surface area (Å²) < 4.78 is 9.81. The second kappa shape index (κ2) is 8.26. The van der Waals surface area contributed by atoms with Crippen molar-refractivity contribution in [1.29, 1.82) is 0 Å². The zero-order chi connectivity index (χ0) is 19.4. The van der Waals surface area contributed by atoms with E-state index in [0.29, 0.717) is 37.4 Å². The van der Waals surface area contributed by atoms with Gasteiger partial charge in [0.2, 0.25) is 5.91 Å². The summed E-state index contributed by atoms with van der Waals surface area (Å²) in [5.74, 6) is -0.810. The number of likely N-dealkylation sites (tertiary alicyclic amines) is 1. The van der Waals surface area contributed by atoms with Gasteiger partial charge in [-0.2, -0.15) is 0 Å². The van der Waals surface area contributed by atoms with Crippen LogP contribution in [0.1, 0.15) is 33.8 Å². The predicted octanol–water partition coefficient (Wildman–Crippen LogP) is 3.21. The van der Waals surface area contributed by atoms with Crippen LogP contribution in [0.2, 0.25) is 5.02 Å². The average Bonchev–Trinajstić information content (AvgIpc) is 3.23. The number of esters is 1. The maximum absolute atomic E-state index is 12.5. The second-order valence-corrected chi connectivity index (χ2v) is 6.63. The van der Waals surface area contributed by atoms with Crippen molar-refractivity contribution < 1.29 is 23.5 Å². The van der Waals surface area contributed by atoms with Crippen molar-refractivity contribution in [1.82, 2.24) is 4.90 Å². The minimum Gasteiger partial charge on any atom is -0.465 e. The van der Waals surface area contributed by atoms with Crippen molar-refractivity contribution in [3.05, 3.63) is 52.9 Å². The summed E-state index contributed by atoms with van der Waals surface area (Å²) in [6.07, 6.45) is 2.56. The molecule has 27 heavy (non-hydrogen) atoms. The number of carbonyl (C=O) groups excluding carboxylic acids is 3. The lowest BCUT2D eigenvalue weighted by molar-refractivity contribution is -0.121. The minimum absolute atomic E-state index is 0.154. The SMILES string of the molecule is COC(=O)c1cc(NC(=O)C2CCN(C(=O)c3ccco3)CC2)ccc1Cl. The van der Waals surface area contributed by atoms with E-state index in [1.807, 2.05) is 0 Å². The quantitative estimate of drug-likeness (QED) is 0.810. The number of halogens is 1. The van der Waals surface area contributed by atoms with E-state index in [2.05, 4.69) is 10.1 Å². The normalized spacial score (nSPS) is 14.7. The molecule has 8 heteroatoms. The number of methoxy groups -OCH3 is 1. The van der Waals surface area contributed by atoms with Gasteiger partial charge in [0.05, 0.1) is 24.0 Å². The monoisotopic (exact) mass is 390 g/mol. The van der Waals surface area contributed by atoms with Gasteiger partial charge in [-0.05, 0) is 43.2 Å². The van der Waals surface area contributed by atoms with Gasteiger partial charge in [0.1, 0.15) is 0 Å². The summed E-state index contributed by atoms with van der Waals surface area (Å²) in [6, 6.07) is 7.95. The number of furan rings is 1. The van der Waals surface area contributed by atoms with E-state index in [4.69, 9.17) is 16.0 Å². The van der Waals surface area contributed by atoms with Crippen LogP contribution in [0.4, 0.5) is 5.69 Å². The lowest BCUT2D eigenvalue weighted by atomic mass is 9.95. The van der Waals surface area contributed by atoms with Crippen LogP contribution in [0.15, 0.2) is 41.0 Å². The van der Waals surface area contributed by atoms with Gasteiger partial charge in [0.25, 0.3) is 5.91 Å². The topological polar surface area (TPSA) is 88.9 Å². The molecule has 0 atom stereocenters. The van der Waals surface area contributed by atoms with Crippen molar-refractivity contribution in [2.45, 2.75) is 12.8 Å². The molecule has 2 heterocycles. The van der Waals surface area contributed by atoms with Crippen LogP contribution in [0.3, 0.4) is 0 Å². The Balaban J connectivity index is 1.58. The molecule has 1 fully saturated rings. The van der Waals surface area contributed by atoms with E-state index in [1.165, 1.54) is 25.5 Å². The second-order valence-electron chi connectivity index (χ2n) is 6.22. The van der Waals surface area contributed by atoms with E-state index in [1.54, 1.807) is 23.1 Å². The first-order valence-corrected chi connectivity index (χ1v) is 8.89. The molecule has 1 N–H and O–H groups in total. The van der Waals surface area contributed by atoms with Gasteiger partial charge in [-0.1, -0.05) is 11.6 Å². The molecule has 1 saturated heterocycles. The maximum atomic E-state index is 12.5. The van der Waals surface area contributed by atoms with E-state index < -0.39 is 5.97 Å². The number of nitrogens with one attached hydrogen (secondary N) is 1. The first-order valence-electron chi connectivity index (χ1n) is 8.51. The third-order valence-corrected chi connectivity index (χ3v) is 4.85. The lowest BCUT2D eigenvalue weighted by Gasteiger charge is -2.30. The summed E-state index contributed by atoms with van der Waals surface area (Å²) in [6.45, 7) is 0.956. The van der Waals surface area contributed by atoms with Gasteiger partial charge in [-0.25, -0.2) is 4.79 Å². The van der Waals surface area contributed by atoms with Crippen LogP contribution in [0.25, 0.3) is 0 Å². The number of amides is 2. The van der Waals surface area contributed by atoms with Gasteiger partial charge in [-0.15, -0.1) is 0 Å². The summed E-state index contributed by atoms with van der Waals surface area (Å²) in [5, 5.41) is 3.06. The van der Waals surface area contributed by atoms with Gasteiger partial charge < -0.3 is 19.4 Å². The van der Waals surface area contributed by atoms with Crippen LogP contribution in [-0.4, -0.2) is 42.9 Å². The highest BCUT2D eigenvalue weighted by molar-refractivity contribution is 6.33. The number of carbonyl (C=O) groups is 3. The lowest BCUT2D eigenvalue weighted by Crippen LogP contribution is -2.41. The van der Waals surface area contributed by atoms with Crippen LogP contribution in [0, 0.1) is 5.92 Å². The molecule has 7 nitrogen and oxygen atoms in total. The Morgan fingerprint density at radius 2 is 1.96 bits per heavy atom. The third kappa shape index (κ3) is 4.31. The largest absolute Gasteiger partial charge is 0.465 e. The van der Waals surface area contributed by atoms with Crippen molar-refractivity contribution >= 4 is 35.1 Å². The van der Waals surface area contributed by atoms with E-state index in [9.17, 15) is 14.4 Å². The molecule has 3 rings (SSSR count). The summed E-state index contributed by atoms with van der Waals surface area (Å²) >= 11 is 5.98.